The average Bonchev–Trinajstić information content (AvgIpc) is 2.85. The van der Waals surface area contributed by atoms with Crippen molar-refractivity contribution in [1.82, 2.24) is 9.88 Å². The third kappa shape index (κ3) is 2.10. The van der Waals surface area contributed by atoms with E-state index >= 15 is 0 Å². The number of nitrogens with zero attached hydrogens (tertiary/aromatic N) is 2. The zero-order valence-corrected chi connectivity index (χ0v) is 9.29. The van der Waals surface area contributed by atoms with E-state index in [9.17, 15) is 4.79 Å². The molecule has 0 aliphatic carbocycles. The number of carbonyl (C=O) groups is 1. The highest BCUT2D eigenvalue weighted by atomic mass is 32.1. The van der Waals surface area contributed by atoms with Crippen LogP contribution in [0.2, 0.25) is 0 Å². The van der Waals surface area contributed by atoms with Crippen molar-refractivity contribution < 1.29 is 9.53 Å². The molecule has 1 aromatic heterocycles. The van der Waals surface area contributed by atoms with Crippen LogP contribution < -0.4 is 5.73 Å². The molecule has 1 unspecified atom stereocenters. The van der Waals surface area contributed by atoms with E-state index in [-0.39, 0.29) is 11.9 Å². The van der Waals surface area contributed by atoms with Gasteiger partial charge in [0.2, 0.25) is 0 Å². The molecule has 1 fully saturated rings. The van der Waals surface area contributed by atoms with Gasteiger partial charge >= 0.3 is 0 Å². The van der Waals surface area contributed by atoms with Crippen LogP contribution in [0.1, 0.15) is 16.9 Å². The summed E-state index contributed by atoms with van der Waals surface area (Å²) in [6.45, 7) is 1.34. The molecule has 15 heavy (non-hydrogen) atoms. The zero-order valence-electron chi connectivity index (χ0n) is 8.47. The number of hydrogen-bond acceptors (Lipinski definition) is 5. The van der Waals surface area contributed by atoms with Crippen molar-refractivity contribution in [1.29, 1.82) is 0 Å². The number of amides is 1. The highest BCUT2D eigenvalue weighted by Crippen LogP contribution is 2.16. The number of nitrogens with two attached hydrogens (primary N) is 1. The second-order valence-electron chi connectivity index (χ2n) is 3.50. The number of ether oxygens (including phenoxy) is 1. The van der Waals surface area contributed by atoms with Gasteiger partial charge in [-0.05, 0) is 6.42 Å². The molecule has 1 atom stereocenters. The van der Waals surface area contributed by atoms with Crippen molar-refractivity contribution in [2.75, 3.05) is 26.0 Å². The van der Waals surface area contributed by atoms with Gasteiger partial charge in [-0.2, -0.15) is 0 Å². The van der Waals surface area contributed by atoms with Gasteiger partial charge in [-0.25, -0.2) is 4.98 Å². The van der Waals surface area contributed by atoms with Crippen molar-refractivity contribution in [2.45, 2.75) is 12.5 Å². The molecule has 0 spiro atoms. The van der Waals surface area contributed by atoms with E-state index < -0.39 is 0 Å². The van der Waals surface area contributed by atoms with Crippen LogP contribution in [0.3, 0.4) is 0 Å². The molecule has 1 aliphatic rings. The fraction of sp³-hybridized carbons (Fsp3) is 0.556. The molecular formula is C9H13N3O2S. The Morgan fingerprint density at radius 1 is 1.80 bits per heavy atom. The van der Waals surface area contributed by atoms with Gasteiger partial charge in [-0.15, -0.1) is 11.3 Å². The van der Waals surface area contributed by atoms with Crippen LogP contribution in [0.5, 0.6) is 0 Å². The molecule has 1 aromatic rings. The summed E-state index contributed by atoms with van der Waals surface area (Å²) in [4.78, 5) is 17.6. The minimum Gasteiger partial charge on any atom is -0.379 e. The lowest BCUT2D eigenvalue weighted by atomic mass is 10.2. The van der Waals surface area contributed by atoms with Crippen LogP contribution >= 0.6 is 11.3 Å². The van der Waals surface area contributed by atoms with E-state index in [1.165, 1.54) is 11.3 Å². The first-order valence-electron chi connectivity index (χ1n) is 4.74. The first kappa shape index (κ1) is 10.4. The Morgan fingerprint density at radius 3 is 3.13 bits per heavy atom. The molecule has 1 saturated heterocycles. The first-order valence-corrected chi connectivity index (χ1v) is 5.62. The molecule has 82 valence electrons. The number of hydrogen-bond donors (Lipinski definition) is 1. The summed E-state index contributed by atoms with van der Waals surface area (Å²) >= 11 is 1.28. The van der Waals surface area contributed by atoms with Crippen LogP contribution in [-0.2, 0) is 4.74 Å². The van der Waals surface area contributed by atoms with Crippen molar-refractivity contribution in [3.05, 3.63) is 11.1 Å². The standard InChI is InChI=1S/C9H13N3O2S/c1-12(6-2-3-14-4-6)8(13)7-5-15-9(10)11-7/h5-6H,2-4H2,1H3,(H2,10,11). The maximum atomic E-state index is 11.9. The summed E-state index contributed by atoms with van der Waals surface area (Å²) in [6, 6.07) is 0.167. The third-order valence-corrected chi connectivity index (χ3v) is 3.19. The lowest BCUT2D eigenvalue weighted by Crippen LogP contribution is -2.37. The van der Waals surface area contributed by atoms with E-state index in [1.807, 2.05) is 0 Å². The Morgan fingerprint density at radius 2 is 2.60 bits per heavy atom. The van der Waals surface area contributed by atoms with Crippen LogP contribution in [-0.4, -0.2) is 42.1 Å². The highest BCUT2D eigenvalue weighted by Gasteiger charge is 2.25. The van der Waals surface area contributed by atoms with Gasteiger partial charge in [-0.3, -0.25) is 4.79 Å². The number of anilines is 1. The first-order chi connectivity index (χ1) is 7.18. The maximum absolute atomic E-state index is 11.9. The van der Waals surface area contributed by atoms with Crippen LogP contribution in [0.25, 0.3) is 0 Å². The Bertz CT molecular complexity index is 360. The Hall–Kier alpha value is -1.14. The lowest BCUT2D eigenvalue weighted by Gasteiger charge is -2.21. The molecule has 5 nitrogen and oxygen atoms in total. The fourth-order valence-electron chi connectivity index (χ4n) is 1.56. The summed E-state index contributed by atoms with van der Waals surface area (Å²) in [7, 11) is 1.78. The second kappa shape index (κ2) is 4.16. The zero-order chi connectivity index (χ0) is 10.8. The average molecular weight is 227 g/mol. The minimum absolute atomic E-state index is 0.0848. The van der Waals surface area contributed by atoms with Crippen molar-refractivity contribution in [2.24, 2.45) is 0 Å². The highest BCUT2D eigenvalue weighted by molar-refractivity contribution is 7.13. The molecule has 0 aromatic carbocycles. The predicted molar refractivity (Wildman–Crippen MR) is 57.8 cm³/mol. The van der Waals surface area contributed by atoms with E-state index in [1.54, 1.807) is 17.3 Å². The maximum Gasteiger partial charge on any atom is 0.273 e. The molecule has 6 heteroatoms. The van der Waals surface area contributed by atoms with Crippen LogP contribution in [0.15, 0.2) is 5.38 Å². The van der Waals surface area contributed by atoms with Gasteiger partial charge in [0.25, 0.3) is 5.91 Å². The molecule has 2 N–H and O–H groups in total. The smallest absolute Gasteiger partial charge is 0.273 e. The molecule has 1 aliphatic heterocycles. The largest absolute Gasteiger partial charge is 0.379 e. The molecule has 2 rings (SSSR count). The molecular weight excluding hydrogens is 214 g/mol. The lowest BCUT2D eigenvalue weighted by molar-refractivity contribution is 0.0706. The fourth-order valence-corrected chi connectivity index (χ4v) is 2.10. The summed E-state index contributed by atoms with van der Waals surface area (Å²) in [5, 5.41) is 2.11. The minimum atomic E-state index is -0.0848. The number of aromatic nitrogens is 1. The van der Waals surface area contributed by atoms with E-state index in [0.29, 0.717) is 17.4 Å². The quantitative estimate of drug-likeness (QED) is 0.802. The number of thiazole rings is 1. The van der Waals surface area contributed by atoms with E-state index in [2.05, 4.69) is 4.98 Å². The van der Waals surface area contributed by atoms with Gasteiger partial charge in [-0.1, -0.05) is 0 Å². The van der Waals surface area contributed by atoms with Crippen molar-refractivity contribution >= 4 is 22.4 Å². The Labute approximate surface area is 91.9 Å². The molecule has 0 saturated carbocycles. The number of likely N-dealkylation sites (N-methyl/N-ethyl adjacent to an activating group) is 1. The third-order valence-electron chi connectivity index (χ3n) is 2.51. The summed E-state index contributed by atoms with van der Waals surface area (Å²) in [5.74, 6) is -0.0848. The topological polar surface area (TPSA) is 68.5 Å². The van der Waals surface area contributed by atoms with Gasteiger partial charge in [0.15, 0.2) is 5.13 Å². The normalized spacial score (nSPS) is 20.5. The summed E-state index contributed by atoms with van der Waals surface area (Å²) in [6.07, 6.45) is 0.891. The van der Waals surface area contributed by atoms with Crippen molar-refractivity contribution in [3.8, 4) is 0 Å². The van der Waals surface area contributed by atoms with E-state index in [0.717, 1.165) is 13.0 Å². The molecule has 0 bridgehead atoms. The van der Waals surface area contributed by atoms with Gasteiger partial charge < -0.3 is 15.4 Å². The van der Waals surface area contributed by atoms with E-state index in [4.69, 9.17) is 10.5 Å². The SMILES string of the molecule is CN(C(=O)c1csc(N)n1)C1CCOC1. The van der Waals surface area contributed by atoms with Crippen molar-refractivity contribution in [3.63, 3.8) is 0 Å². The predicted octanol–water partition coefficient (Wildman–Crippen LogP) is 0.586. The second-order valence-corrected chi connectivity index (χ2v) is 4.39. The Kier molecular flexibility index (Phi) is 2.88. The van der Waals surface area contributed by atoms with Crippen LogP contribution in [0.4, 0.5) is 5.13 Å². The monoisotopic (exact) mass is 227 g/mol. The number of carbonyl (C=O) groups excluding carboxylic acids is 1. The number of rotatable bonds is 2. The summed E-state index contributed by atoms with van der Waals surface area (Å²) in [5.41, 5.74) is 5.91. The molecule has 1 amide bonds. The Balaban J connectivity index is 2.06. The number of nitrogen functional groups attached to an aromatic ring is 1. The van der Waals surface area contributed by atoms with Gasteiger partial charge in [0.05, 0.1) is 12.6 Å². The summed E-state index contributed by atoms with van der Waals surface area (Å²) < 4.78 is 5.23. The molecule has 0 radical (unpaired) electrons. The van der Waals surface area contributed by atoms with Gasteiger partial charge in [0, 0.05) is 19.0 Å². The van der Waals surface area contributed by atoms with Crippen LogP contribution in [0, 0.1) is 0 Å². The molecule has 2 heterocycles. The van der Waals surface area contributed by atoms with Gasteiger partial charge in [0.1, 0.15) is 5.69 Å².